The third-order valence-electron chi connectivity index (χ3n) is 6.32. The van der Waals surface area contributed by atoms with Gasteiger partial charge in [0.15, 0.2) is 0 Å². The molecule has 0 radical (unpaired) electrons. The third kappa shape index (κ3) is 8.70. The molecule has 1 aliphatic carbocycles. The summed E-state index contributed by atoms with van der Waals surface area (Å²) in [6, 6.07) is 4.54. The number of halogens is 3. The minimum absolute atomic E-state index is 0.139. The second kappa shape index (κ2) is 12.3. The monoisotopic (exact) mass is 485 g/mol. The van der Waals surface area contributed by atoms with Crippen molar-refractivity contribution in [2.24, 2.45) is 11.8 Å². The van der Waals surface area contributed by atoms with E-state index in [0.29, 0.717) is 44.2 Å². The van der Waals surface area contributed by atoms with E-state index in [4.69, 9.17) is 4.74 Å². The van der Waals surface area contributed by atoms with E-state index >= 15 is 0 Å². The summed E-state index contributed by atoms with van der Waals surface area (Å²) in [6.07, 6.45) is 2.19. The molecule has 190 valence electrons. The first-order valence-corrected chi connectivity index (χ1v) is 12.0. The second-order valence-corrected chi connectivity index (χ2v) is 9.22. The van der Waals surface area contributed by atoms with E-state index in [0.717, 1.165) is 25.7 Å². The molecule has 3 rings (SSSR count). The molecule has 1 aromatic rings. The van der Waals surface area contributed by atoms with Crippen LogP contribution in [0.3, 0.4) is 0 Å². The summed E-state index contributed by atoms with van der Waals surface area (Å²) < 4.78 is 46.0. The molecule has 10 heteroatoms. The minimum Gasteiger partial charge on any atom is -0.406 e. The van der Waals surface area contributed by atoms with Crippen LogP contribution in [-0.4, -0.2) is 50.0 Å². The maximum atomic E-state index is 13.1. The first-order chi connectivity index (χ1) is 16.2. The Kier molecular flexibility index (Phi) is 9.44. The fourth-order valence-electron chi connectivity index (χ4n) is 4.46. The molecular weight excluding hydrogens is 451 g/mol. The Morgan fingerprint density at radius 3 is 2.41 bits per heavy atom. The number of hydrogen-bond acceptors (Lipinski definition) is 5. The van der Waals surface area contributed by atoms with Crippen LogP contribution >= 0.6 is 0 Å². The van der Waals surface area contributed by atoms with E-state index < -0.39 is 12.4 Å². The van der Waals surface area contributed by atoms with Crippen LogP contribution in [0.2, 0.25) is 0 Å². The van der Waals surface area contributed by atoms with Gasteiger partial charge in [-0.25, -0.2) is 0 Å². The quantitative estimate of drug-likeness (QED) is 0.466. The number of carbonyl (C=O) groups is 2. The normalized spacial score (nSPS) is 20.9. The fourth-order valence-corrected chi connectivity index (χ4v) is 4.46. The predicted molar refractivity (Wildman–Crippen MR) is 121 cm³/mol. The molecule has 2 fully saturated rings. The molecule has 1 saturated carbocycles. The fraction of sp³-hybridized carbons (Fsp3) is 0.667. The Labute approximate surface area is 198 Å². The topological polar surface area (TPSA) is 88.7 Å². The van der Waals surface area contributed by atoms with Crippen LogP contribution in [0, 0.1) is 11.8 Å². The lowest BCUT2D eigenvalue weighted by atomic mass is 9.84. The van der Waals surface area contributed by atoms with Crippen molar-refractivity contribution in [1.29, 1.82) is 0 Å². The molecule has 2 amide bonds. The molecule has 2 aliphatic rings. The largest absolute Gasteiger partial charge is 0.573 e. The first kappa shape index (κ1) is 26.1. The molecule has 1 aromatic carbocycles. The van der Waals surface area contributed by atoms with Gasteiger partial charge in [0.2, 0.25) is 11.8 Å². The van der Waals surface area contributed by atoms with Crippen LogP contribution in [0.1, 0.15) is 51.9 Å². The summed E-state index contributed by atoms with van der Waals surface area (Å²) in [6.45, 7) is 3.14. The van der Waals surface area contributed by atoms with Crippen molar-refractivity contribution < 1.29 is 32.2 Å². The van der Waals surface area contributed by atoms with Crippen LogP contribution in [0.25, 0.3) is 0 Å². The summed E-state index contributed by atoms with van der Waals surface area (Å²) in [4.78, 5) is 25.7. The molecule has 0 bridgehead atoms. The van der Waals surface area contributed by atoms with E-state index in [1.165, 1.54) is 30.7 Å². The summed E-state index contributed by atoms with van der Waals surface area (Å²) in [5.41, 5.74) is 0.601. The summed E-state index contributed by atoms with van der Waals surface area (Å²) in [5.74, 6) is -0.463. The predicted octanol–water partition coefficient (Wildman–Crippen LogP) is 3.99. The zero-order chi connectivity index (χ0) is 24.6. The number of benzene rings is 1. The molecule has 0 unspecified atom stereocenters. The summed E-state index contributed by atoms with van der Waals surface area (Å²) in [7, 11) is 0. The highest BCUT2D eigenvalue weighted by Crippen LogP contribution is 2.28. The Morgan fingerprint density at radius 1 is 1.09 bits per heavy atom. The number of alkyl halides is 3. The van der Waals surface area contributed by atoms with Gasteiger partial charge in [0.1, 0.15) is 11.8 Å². The average molecular weight is 486 g/mol. The molecule has 1 aliphatic heterocycles. The van der Waals surface area contributed by atoms with Gasteiger partial charge in [-0.1, -0.05) is 32.1 Å². The summed E-state index contributed by atoms with van der Waals surface area (Å²) in [5, 5.41) is 9.00. The van der Waals surface area contributed by atoms with E-state index in [9.17, 15) is 22.8 Å². The van der Waals surface area contributed by atoms with Gasteiger partial charge in [0.25, 0.3) is 0 Å². The highest BCUT2D eigenvalue weighted by molar-refractivity contribution is 5.88. The lowest BCUT2D eigenvalue weighted by molar-refractivity contribution is -0.274. The maximum Gasteiger partial charge on any atom is 0.573 e. The van der Waals surface area contributed by atoms with E-state index in [1.54, 1.807) is 0 Å². The lowest BCUT2D eigenvalue weighted by Crippen LogP contribution is -2.52. The Balaban J connectivity index is 1.51. The highest BCUT2D eigenvalue weighted by Gasteiger charge is 2.32. The van der Waals surface area contributed by atoms with Crippen molar-refractivity contribution in [3.8, 4) is 5.75 Å². The number of carbonyl (C=O) groups excluding carboxylic acids is 2. The molecule has 0 spiro atoms. The van der Waals surface area contributed by atoms with Gasteiger partial charge < -0.3 is 25.4 Å². The zero-order valence-corrected chi connectivity index (χ0v) is 19.5. The number of nitrogens with one attached hydrogen (secondary N) is 3. The molecule has 34 heavy (non-hydrogen) atoms. The lowest BCUT2D eigenvalue weighted by Gasteiger charge is -2.28. The minimum atomic E-state index is -4.73. The van der Waals surface area contributed by atoms with Gasteiger partial charge in [0.05, 0.1) is 12.5 Å². The number of anilines is 1. The van der Waals surface area contributed by atoms with Crippen LogP contribution < -0.4 is 20.7 Å². The van der Waals surface area contributed by atoms with Crippen LogP contribution in [0.4, 0.5) is 18.9 Å². The van der Waals surface area contributed by atoms with Crippen molar-refractivity contribution in [3.63, 3.8) is 0 Å². The van der Waals surface area contributed by atoms with Crippen molar-refractivity contribution in [3.05, 3.63) is 24.3 Å². The Hall–Kier alpha value is -2.49. The van der Waals surface area contributed by atoms with E-state index in [2.05, 4.69) is 20.7 Å². The van der Waals surface area contributed by atoms with Crippen molar-refractivity contribution >= 4 is 17.5 Å². The van der Waals surface area contributed by atoms with Crippen LogP contribution in [0.5, 0.6) is 5.75 Å². The molecular formula is C24H34F3N3O4. The van der Waals surface area contributed by atoms with Gasteiger partial charge >= 0.3 is 6.36 Å². The molecule has 1 saturated heterocycles. The van der Waals surface area contributed by atoms with Gasteiger partial charge in [-0.05, 0) is 49.9 Å². The van der Waals surface area contributed by atoms with Crippen molar-refractivity contribution in [2.75, 3.05) is 25.1 Å². The second-order valence-electron chi connectivity index (χ2n) is 9.22. The first-order valence-electron chi connectivity index (χ1n) is 12.0. The van der Waals surface area contributed by atoms with Gasteiger partial charge in [-0.3, -0.25) is 9.59 Å². The third-order valence-corrected chi connectivity index (χ3v) is 6.32. The van der Waals surface area contributed by atoms with Crippen molar-refractivity contribution in [2.45, 2.75) is 70.3 Å². The van der Waals surface area contributed by atoms with Crippen LogP contribution in [0.15, 0.2) is 24.3 Å². The van der Waals surface area contributed by atoms with E-state index in [-0.39, 0.29) is 29.5 Å². The molecule has 3 atom stereocenters. The van der Waals surface area contributed by atoms with E-state index in [1.807, 2.05) is 6.92 Å². The number of amides is 2. The number of rotatable bonds is 10. The van der Waals surface area contributed by atoms with Crippen LogP contribution in [-0.2, 0) is 14.3 Å². The van der Waals surface area contributed by atoms with Gasteiger partial charge in [0, 0.05) is 24.9 Å². The molecule has 1 heterocycles. The van der Waals surface area contributed by atoms with Gasteiger partial charge in [-0.2, -0.15) is 0 Å². The Morgan fingerprint density at radius 2 is 1.79 bits per heavy atom. The van der Waals surface area contributed by atoms with Gasteiger partial charge in [-0.15, -0.1) is 13.2 Å². The highest BCUT2D eigenvalue weighted by atomic mass is 19.4. The standard InChI is InChI=1S/C24H34F3N3O4/c1-16(14-28-19-7-9-20(10-8-19)34-24(25,26)27)29-23(32)21(13-17-5-3-2-4-6-17)30-22(31)18-11-12-33-15-18/h7-10,16-18,21,28H,2-6,11-15H2,1H3,(H,29,32)(H,30,31)/t16-,18+,21-/m0/s1. The molecule has 3 N–H and O–H groups in total. The smallest absolute Gasteiger partial charge is 0.406 e. The molecule has 7 nitrogen and oxygen atoms in total. The molecule has 0 aromatic heterocycles. The number of ether oxygens (including phenoxy) is 2. The summed E-state index contributed by atoms with van der Waals surface area (Å²) >= 11 is 0. The zero-order valence-electron chi connectivity index (χ0n) is 19.5. The average Bonchev–Trinajstić information content (AvgIpc) is 3.33. The Bertz CT molecular complexity index is 792. The SMILES string of the molecule is C[C@@H](CNc1ccc(OC(F)(F)F)cc1)NC(=O)[C@H](CC1CCCCC1)NC(=O)[C@@H]1CCOC1. The maximum absolute atomic E-state index is 13.1. The van der Waals surface area contributed by atoms with Crippen molar-refractivity contribution in [1.82, 2.24) is 10.6 Å². The number of hydrogen-bond donors (Lipinski definition) is 3.